The third kappa shape index (κ3) is 4.27. The van der Waals surface area contributed by atoms with Crippen LogP contribution in [-0.2, 0) is 6.42 Å². The average Bonchev–Trinajstić information content (AvgIpc) is 2.42. The molecule has 0 aliphatic carbocycles. The maximum Gasteiger partial charge on any atom is 0.145 e. The Labute approximate surface area is 129 Å². The van der Waals surface area contributed by atoms with Crippen LogP contribution in [0.5, 0.6) is 5.75 Å². The first-order valence-electron chi connectivity index (χ1n) is 6.89. The van der Waals surface area contributed by atoms with Gasteiger partial charge in [0.05, 0.1) is 12.3 Å². The van der Waals surface area contributed by atoms with Crippen molar-refractivity contribution >= 4 is 21.6 Å². The SMILES string of the molecule is Cc1cc(Br)cc(N)c1OCCCCc1ccccc1. The van der Waals surface area contributed by atoms with Crippen molar-refractivity contribution in [1.29, 1.82) is 0 Å². The van der Waals surface area contributed by atoms with Gasteiger partial charge in [-0.1, -0.05) is 46.3 Å². The fourth-order valence-electron chi connectivity index (χ4n) is 2.20. The largest absolute Gasteiger partial charge is 0.491 e. The molecule has 0 aliphatic heterocycles. The topological polar surface area (TPSA) is 35.2 Å². The van der Waals surface area contributed by atoms with Crippen LogP contribution < -0.4 is 10.5 Å². The van der Waals surface area contributed by atoms with E-state index in [2.05, 4.69) is 40.2 Å². The Bertz CT molecular complexity index is 531. The molecule has 0 unspecified atom stereocenters. The van der Waals surface area contributed by atoms with Gasteiger partial charge in [-0.05, 0) is 49.4 Å². The molecule has 3 heteroatoms. The molecule has 0 bridgehead atoms. The summed E-state index contributed by atoms with van der Waals surface area (Å²) < 4.78 is 6.80. The summed E-state index contributed by atoms with van der Waals surface area (Å²) in [7, 11) is 0. The van der Waals surface area contributed by atoms with Crippen LogP contribution in [-0.4, -0.2) is 6.61 Å². The van der Waals surface area contributed by atoms with E-state index in [4.69, 9.17) is 10.5 Å². The van der Waals surface area contributed by atoms with Gasteiger partial charge in [0.15, 0.2) is 0 Å². The summed E-state index contributed by atoms with van der Waals surface area (Å²) in [6.07, 6.45) is 3.25. The van der Waals surface area contributed by atoms with E-state index in [1.165, 1.54) is 5.56 Å². The highest BCUT2D eigenvalue weighted by molar-refractivity contribution is 9.10. The maximum atomic E-state index is 5.97. The molecule has 2 aromatic carbocycles. The van der Waals surface area contributed by atoms with Crippen LogP contribution in [0.15, 0.2) is 46.9 Å². The summed E-state index contributed by atoms with van der Waals surface area (Å²) in [6.45, 7) is 2.72. The normalized spacial score (nSPS) is 10.5. The first kappa shape index (κ1) is 14.9. The molecule has 0 spiro atoms. The van der Waals surface area contributed by atoms with Gasteiger partial charge in [-0.15, -0.1) is 0 Å². The first-order chi connectivity index (χ1) is 9.66. The summed E-state index contributed by atoms with van der Waals surface area (Å²) in [4.78, 5) is 0. The van der Waals surface area contributed by atoms with Gasteiger partial charge in [-0.25, -0.2) is 0 Å². The van der Waals surface area contributed by atoms with Crippen LogP contribution in [0.3, 0.4) is 0 Å². The van der Waals surface area contributed by atoms with Crippen molar-refractivity contribution in [1.82, 2.24) is 0 Å². The minimum Gasteiger partial charge on any atom is -0.491 e. The van der Waals surface area contributed by atoms with Crippen LogP contribution >= 0.6 is 15.9 Å². The third-order valence-electron chi connectivity index (χ3n) is 3.22. The molecule has 20 heavy (non-hydrogen) atoms. The van der Waals surface area contributed by atoms with Gasteiger partial charge in [-0.3, -0.25) is 0 Å². The maximum absolute atomic E-state index is 5.97. The van der Waals surface area contributed by atoms with Gasteiger partial charge in [0, 0.05) is 4.47 Å². The van der Waals surface area contributed by atoms with Crippen LogP contribution in [0.4, 0.5) is 5.69 Å². The number of nitrogens with two attached hydrogens (primary N) is 1. The average molecular weight is 334 g/mol. The van der Waals surface area contributed by atoms with Gasteiger partial charge in [-0.2, -0.15) is 0 Å². The fraction of sp³-hybridized carbons (Fsp3) is 0.294. The smallest absolute Gasteiger partial charge is 0.145 e. The molecular formula is C17H20BrNO. The minimum atomic E-state index is 0.694. The Balaban J connectivity index is 1.76. The number of rotatable bonds is 6. The van der Waals surface area contributed by atoms with Crippen LogP contribution in [0.1, 0.15) is 24.0 Å². The van der Waals surface area contributed by atoms with E-state index in [0.717, 1.165) is 35.0 Å². The molecule has 0 saturated heterocycles. The second kappa shape index (κ2) is 7.34. The van der Waals surface area contributed by atoms with Crippen molar-refractivity contribution in [3.05, 3.63) is 58.1 Å². The number of benzene rings is 2. The summed E-state index contributed by atoms with van der Waals surface area (Å²) in [6, 6.07) is 14.4. The predicted octanol–water partition coefficient (Wildman–Crippen LogP) is 4.74. The Kier molecular flexibility index (Phi) is 5.48. The Morgan fingerprint density at radius 2 is 1.85 bits per heavy atom. The quantitative estimate of drug-likeness (QED) is 0.612. The van der Waals surface area contributed by atoms with Gasteiger partial charge in [0.1, 0.15) is 5.75 Å². The summed E-state index contributed by atoms with van der Waals surface area (Å²) in [5.74, 6) is 0.813. The van der Waals surface area contributed by atoms with E-state index >= 15 is 0 Å². The summed E-state index contributed by atoms with van der Waals surface area (Å²) >= 11 is 3.43. The van der Waals surface area contributed by atoms with E-state index in [-0.39, 0.29) is 0 Å². The third-order valence-corrected chi connectivity index (χ3v) is 3.67. The van der Waals surface area contributed by atoms with E-state index in [9.17, 15) is 0 Å². The van der Waals surface area contributed by atoms with E-state index in [1.807, 2.05) is 25.1 Å². The lowest BCUT2D eigenvalue weighted by molar-refractivity contribution is 0.306. The van der Waals surface area contributed by atoms with Crippen molar-refractivity contribution in [2.45, 2.75) is 26.2 Å². The Morgan fingerprint density at radius 1 is 1.10 bits per heavy atom. The molecule has 2 rings (SSSR count). The molecule has 2 nitrogen and oxygen atoms in total. The van der Waals surface area contributed by atoms with Crippen LogP contribution in [0, 0.1) is 6.92 Å². The first-order valence-corrected chi connectivity index (χ1v) is 7.68. The highest BCUT2D eigenvalue weighted by Crippen LogP contribution is 2.30. The number of halogens is 1. The lowest BCUT2D eigenvalue weighted by Crippen LogP contribution is -2.02. The molecule has 2 N–H and O–H groups in total. The molecule has 0 radical (unpaired) electrons. The van der Waals surface area contributed by atoms with Crippen molar-refractivity contribution in [2.24, 2.45) is 0 Å². The monoisotopic (exact) mass is 333 g/mol. The van der Waals surface area contributed by atoms with Crippen molar-refractivity contribution in [3.8, 4) is 5.75 Å². The van der Waals surface area contributed by atoms with Crippen LogP contribution in [0.25, 0.3) is 0 Å². The lowest BCUT2D eigenvalue weighted by Gasteiger charge is -2.12. The molecular weight excluding hydrogens is 314 g/mol. The second-order valence-corrected chi connectivity index (χ2v) is 5.85. The standard InChI is InChI=1S/C17H20BrNO/c1-13-11-15(18)12-16(19)17(13)20-10-6-5-9-14-7-3-2-4-8-14/h2-4,7-8,11-12H,5-6,9-10,19H2,1H3. The zero-order valence-corrected chi connectivity index (χ0v) is 13.3. The molecule has 2 aromatic rings. The molecule has 0 heterocycles. The van der Waals surface area contributed by atoms with Gasteiger partial charge in [0.25, 0.3) is 0 Å². The number of anilines is 1. The predicted molar refractivity (Wildman–Crippen MR) is 88.2 cm³/mol. The summed E-state index contributed by atoms with van der Waals surface area (Å²) in [5.41, 5.74) is 9.12. The van der Waals surface area contributed by atoms with Gasteiger partial charge < -0.3 is 10.5 Å². The molecule has 0 atom stereocenters. The number of hydrogen-bond donors (Lipinski definition) is 1. The lowest BCUT2D eigenvalue weighted by atomic mass is 10.1. The zero-order chi connectivity index (χ0) is 14.4. The van der Waals surface area contributed by atoms with E-state index in [0.29, 0.717) is 12.3 Å². The van der Waals surface area contributed by atoms with Gasteiger partial charge in [0.2, 0.25) is 0 Å². The highest BCUT2D eigenvalue weighted by atomic mass is 79.9. The molecule has 106 valence electrons. The second-order valence-electron chi connectivity index (χ2n) is 4.93. The number of ether oxygens (including phenoxy) is 1. The summed E-state index contributed by atoms with van der Waals surface area (Å²) in [5, 5.41) is 0. The molecule has 0 aromatic heterocycles. The van der Waals surface area contributed by atoms with Crippen LogP contribution in [0.2, 0.25) is 0 Å². The zero-order valence-electron chi connectivity index (χ0n) is 11.7. The highest BCUT2D eigenvalue weighted by Gasteiger charge is 2.06. The molecule has 0 fully saturated rings. The number of aryl methyl sites for hydroxylation is 2. The van der Waals surface area contributed by atoms with Crippen molar-refractivity contribution in [3.63, 3.8) is 0 Å². The number of hydrogen-bond acceptors (Lipinski definition) is 2. The molecule has 0 amide bonds. The number of unbranched alkanes of at least 4 members (excludes halogenated alkanes) is 1. The van der Waals surface area contributed by atoms with Gasteiger partial charge >= 0.3 is 0 Å². The molecule has 0 aliphatic rings. The Morgan fingerprint density at radius 3 is 2.55 bits per heavy atom. The van der Waals surface area contributed by atoms with Crippen molar-refractivity contribution in [2.75, 3.05) is 12.3 Å². The molecule has 0 saturated carbocycles. The van der Waals surface area contributed by atoms with E-state index < -0.39 is 0 Å². The number of nitrogen functional groups attached to an aromatic ring is 1. The minimum absolute atomic E-state index is 0.694. The van der Waals surface area contributed by atoms with Crippen molar-refractivity contribution < 1.29 is 4.74 Å². The Hall–Kier alpha value is -1.48. The van der Waals surface area contributed by atoms with E-state index in [1.54, 1.807) is 0 Å². The fourth-order valence-corrected chi connectivity index (χ4v) is 2.79.